The lowest BCUT2D eigenvalue weighted by Crippen LogP contribution is -2.60. The van der Waals surface area contributed by atoms with E-state index in [2.05, 4.69) is 20.7 Å². The Balaban J connectivity index is 2.09. The summed E-state index contributed by atoms with van der Waals surface area (Å²) in [5.41, 5.74) is 1.65. The Bertz CT molecular complexity index is 832. The largest absolute Gasteiger partial charge is 0.497 e. The number of carbonyl (C=O) groups excluding carboxylic acids is 3. The molecule has 0 aromatic heterocycles. The van der Waals surface area contributed by atoms with Crippen LogP contribution in [0.5, 0.6) is 5.75 Å². The third kappa shape index (κ3) is 5.63. The zero-order valence-corrected chi connectivity index (χ0v) is 18.9. The molecule has 1 saturated heterocycles. The molecule has 1 fully saturated rings. The number of halogens is 1. The standard InChI is InChI=1S/C20H22BrNO6S/c1-12(2)17(20(25)28-11-13-5-7-14(26-3)8-6-13)22-18(24)16(21)19(22)29-10-9-15(23)27-4/h5-10,16,19H,11H2,1-4H3/b10-9+/t16-,19+/m0/s1. The number of β-lactam (4-membered cyclic amide) rings is 1. The van der Waals surface area contributed by atoms with Gasteiger partial charge in [-0.3, -0.25) is 9.69 Å². The predicted octanol–water partition coefficient (Wildman–Crippen LogP) is 3.38. The number of amides is 1. The molecule has 7 nitrogen and oxygen atoms in total. The molecule has 0 spiro atoms. The number of methoxy groups -OCH3 is 2. The van der Waals surface area contributed by atoms with Crippen molar-refractivity contribution in [3.8, 4) is 5.75 Å². The van der Waals surface area contributed by atoms with Crippen molar-refractivity contribution in [2.75, 3.05) is 14.2 Å². The average molecular weight is 484 g/mol. The van der Waals surface area contributed by atoms with Crippen LogP contribution in [0, 0.1) is 0 Å². The Kier molecular flexibility index (Phi) is 8.33. The molecule has 1 aliphatic heterocycles. The summed E-state index contributed by atoms with van der Waals surface area (Å²) in [7, 11) is 2.86. The van der Waals surface area contributed by atoms with Gasteiger partial charge in [0.2, 0.25) is 5.91 Å². The minimum atomic E-state index is -0.587. The van der Waals surface area contributed by atoms with E-state index in [1.807, 2.05) is 0 Å². The summed E-state index contributed by atoms with van der Waals surface area (Å²) in [6, 6.07) is 7.15. The molecular weight excluding hydrogens is 462 g/mol. The van der Waals surface area contributed by atoms with Gasteiger partial charge in [0.25, 0.3) is 0 Å². The van der Waals surface area contributed by atoms with Crippen LogP contribution in [0.2, 0.25) is 0 Å². The van der Waals surface area contributed by atoms with Gasteiger partial charge < -0.3 is 14.2 Å². The maximum absolute atomic E-state index is 12.7. The molecule has 0 saturated carbocycles. The van der Waals surface area contributed by atoms with E-state index in [4.69, 9.17) is 9.47 Å². The van der Waals surface area contributed by atoms with Gasteiger partial charge in [-0.25, -0.2) is 9.59 Å². The summed E-state index contributed by atoms with van der Waals surface area (Å²) in [4.78, 5) is 37.3. The van der Waals surface area contributed by atoms with E-state index in [-0.39, 0.29) is 23.6 Å². The zero-order valence-electron chi connectivity index (χ0n) is 16.5. The Morgan fingerprint density at radius 2 is 1.86 bits per heavy atom. The van der Waals surface area contributed by atoms with Gasteiger partial charge in [-0.1, -0.05) is 28.1 Å². The SMILES string of the molecule is COC(=O)/C=C/S[C@@H]1[C@@H](Br)C(=O)N1C(C(=O)OCc1ccc(OC)cc1)=C(C)C. The molecule has 0 radical (unpaired) electrons. The lowest BCUT2D eigenvalue weighted by Gasteiger charge is -2.44. The number of benzene rings is 1. The highest BCUT2D eigenvalue weighted by molar-refractivity contribution is 9.10. The molecule has 1 aromatic carbocycles. The van der Waals surface area contributed by atoms with Crippen LogP contribution in [0.4, 0.5) is 0 Å². The van der Waals surface area contributed by atoms with Crippen LogP contribution in [-0.4, -0.2) is 47.2 Å². The third-order valence-electron chi connectivity index (χ3n) is 4.04. The van der Waals surface area contributed by atoms with E-state index >= 15 is 0 Å². The molecule has 156 valence electrons. The van der Waals surface area contributed by atoms with Crippen molar-refractivity contribution < 1.29 is 28.6 Å². The van der Waals surface area contributed by atoms with Crippen molar-refractivity contribution in [2.45, 2.75) is 30.7 Å². The van der Waals surface area contributed by atoms with Crippen molar-refractivity contribution in [1.82, 2.24) is 4.90 Å². The first-order chi connectivity index (χ1) is 13.8. The predicted molar refractivity (Wildman–Crippen MR) is 113 cm³/mol. The Hall–Kier alpha value is -2.26. The number of carbonyl (C=O) groups is 3. The lowest BCUT2D eigenvalue weighted by atomic mass is 10.1. The van der Waals surface area contributed by atoms with Gasteiger partial charge in [0.15, 0.2) is 0 Å². The zero-order chi connectivity index (χ0) is 21.6. The summed E-state index contributed by atoms with van der Waals surface area (Å²) < 4.78 is 15.1. The van der Waals surface area contributed by atoms with Gasteiger partial charge in [0.1, 0.15) is 28.3 Å². The van der Waals surface area contributed by atoms with E-state index in [1.54, 1.807) is 45.2 Å². The van der Waals surface area contributed by atoms with E-state index < -0.39 is 16.8 Å². The van der Waals surface area contributed by atoms with Crippen LogP contribution in [0.1, 0.15) is 19.4 Å². The Morgan fingerprint density at radius 3 is 2.41 bits per heavy atom. The van der Waals surface area contributed by atoms with Gasteiger partial charge in [-0.2, -0.15) is 0 Å². The van der Waals surface area contributed by atoms with Gasteiger partial charge >= 0.3 is 11.9 Å². The minimum absolute atomic E-state index is 0.0689. The molecule has 0 aliphatic carbocycles. The molecule has 0 unspecified atom stereocenters. The molecule has 0 N–H and O–H groups in total. The molecule has 0 bridgehead atoms. The number of allylic oxidation sites excluding steroid dienone is 1. The maximum atomic E-state index is 12.7. The molecule has 1 amide bonds. The number of hydrogen-bond donors (Lipinski definition) is 0. The number of alkyl halides is 1. The van der Waals surface area contributed by atoms with Crippen LogP contribution in [0.3, 0.4) is 0 Å². The van der Waals surface area contributed by atoms with Crippen LogP contribution in [0.15, 0.2) is 47.0 Å². The number of thioether (sulfide) groups is 1. The van der Waals surface area contributed by atoms with Crippen molar-refractivity contribution in [2.24, 2.45) is 0 Å². The molecule has 1 aromatic rings. The third-order valence-corrected chi connectivity index (χ3v) is 6.34. The minimum Gasteiger partial charge on any atom is -0.497 e. The Morgan fingerprint density at radius 1 is 1.21 bits per heavy atom. The number of ether oxygens (including phenoxy) is 3. The van der Waals surface area contributed by atoms with Crippen LogP contribution in [0.25, 0.3) is 0 Å². The highest BCUT2D eigenvalue weighted by atomic mass is 79.9. The molecule has 2 atom stereocenters. The number of rotatable bonds is 8. The van der Waals surface area contributed by atoms with Gasteiger partial charge in [0.05, 0.1) is 14.2 Å². The maximum Gasteiger partial charge on any atom is 0.355 e. The van der Waals surface area contributed by atoms with E-state index in [9.17, 15) is 14.4 Å². The summed E-state index contributed by atoms with van der Waals surface area (Å²) in [5.74, 6) is -0.621. The fraction of sp³-hybridized carbons (Fsp3) is 0.350. The molecule has 29 heavy (non-hydrogen) atoms. The van der Waals surface area contributed by atoms with Gasteiger partial charge in [-0.15, -0.1) is 11.8 Å². The molecular formula is C20H22BrNO6S. The highest BCUT2D eigenvalue weighted by Crippen LogP contribution is 2.39. The van der Waals surface area contributed by atoms with Gasteiger partial charge in [-0.05, 0) is 42.5 Å². The number of nitrogens with zero attached hydrogens (tertiary/aromatic N) is 1. The van der Waals surface area contributed by atoms with Crippen LogP contribution < -0.4 is 4.74 Å². The van der Waals surface area contributed by atoms with E-state index in [1.165, 1.54) is 35.3 Å². The lowest BCUT2D eigenvalue weighted by molar-refractivity contribution is -0.149. The Labute approximate surface area is 182 Å². The first kappa shape index (κ1) is 23.0. The normalized spacial score (nSPS) is 18.2. The summed E-state index contributed by atoms with van der Waals surface area (Å²) in [6.45, 7) is 3.55. The molecule has 1 aliphatic rings. The molecule has 2 rings (SSSR count). The van der Waals surface area contributed by atoms with E-state index in [0.29, 0.717) is 11.3 Å². The average Bonchev–Trinajstić information content (AvgIpc) is 2.73. The van der Waals surface area contributed by atoms with E-state index in [0.717, 1.165) is 5.56 Å². The number of hydrogen-bond acceptors (Lipinski definition) is 7. The first-order valence-electron chi connectivity index (χ1n) is 8.64. The van der Waals surface area contributed by atoms with Crippen LogP contribution >= 0.6 is 27.7 Å². The highest BCUT2D eigenvalue weighted by Gasteiger charge is 2.49. The topological polar surface area (TPSA) is 82.1 Å². The number of likely N-dealkylation sites (tertiary alicyclic amines) is 1. The molecule has 1 heterocycles. The van der Waals surface area contributed by atoms with Crippen molar-refractivity contribution in [3.05, 3.63) is 52.6 Å². The summed E-state index contributed by atoms with van der Waals surface area (Å²) >= 11 is 4.55. The quantitative estimate of drug-likeness (QED) is 0.242. The number of esters is 2. The fourth-order valence-corrected chi connectivity index (χ4v) is 4.29. The summed E-state index contributed by atoms with van der Waals surface area (Å²) in [6.07, 6.45) is 1.26. The smallest absolute Gasteiger partial charge is 0.355 e. The van der Waals surface area contributed by atoms with Crippen molar-refractivity contribution in [3.63, 3.8) is 0 Å². The second-order valence-electron chi connectivity index (χ2n) is 6.24. The molecule has 9 heteroatoms. The second kappa shape index (κ2) is 10.5. The fourth-order valence-electron chi connectivity index (χ4n) is 2.52. The first-order valence-corrected chi connectivity index (χ1v) is 10.5. The van der Waals surface area contributed by atoms with Crippen molar-refractivity contribution in [1.29, 1.82) is 0 Å². The van der Waals surface area contributed by atoms with Crippen LogP contribution in [-0.2, 0) is 30.5 Å². The monoisotopic (exact) mass is 483 g/mol. The van der Waals surface area contributed by atoms with Gasteiger partial charge in [0, 0.05) is 6.08 Å². The summed E-state index contributed by atoms with van der Waals surface area (Å²) in [5, 5.41) is 1.15. The van der Waals surface area contributed by atoms with Crippen molar-refractivity contribution >= 4 is 45.5 Å². The second-order valence-corrected chi connectivity index (χ2v) is 8.25.